The molecule has 1 saturated heterocycles. The van der Waals surface area contributed by atoms with Gasteiger partial charge in [0.15, 0.2) is 21.3 Å². The first kappa shape index (κ1) is 27.5. The van der Waals surface area contributed by atoms with Gasteiger partial charge in [-0.2, -0.15) is 0 Å². The number of methoxy groups -OCH3 is 2. The molecule has 1 aliphatic rings. The van der Waals surface area contributed by atoms with Gasteiger partial charge in [0, 0.05) is 18.2 Å². The van der Waals surface area contributed by atoms with Gasteiger partial charge in [0.1, 0.15) is 17.5 Å². The van der Waals surface area contributed by atoms with Crippen LogP contribution in [0.2, 0.25) is 0 Å². The molecule has 0 radical (unpaired) electrons. The number of carbonyl (C=O) groups is 1. The molecule has 5 rings (SSSR count). The SMILES string of the molecule is COc1ccc(Cn2c(C(F)F)nc3sc(N4CCCC4C(=O)N[C@H](C)c4ccccc4)nc3c2=O)c(OC)c1. The third kappa shape index (κ3) is 5.35. The summed E-state index contributed by atoms with van der Waals surface area (Å²) in [5.74, 6) is 0.111. The van der Waals surface area contributed by atoms with E-state index in [0.29, 0.717) is 35.2 Å². The van der Waals surface area contributed by atoms with Gasteiger partial charge in [-0.1, -0.05) is 41.7 Å². The Kier molecular flexibility index (Phi) is 7.97. The van der Waals surface area contributed by atoms with Gasteiger partial charge in [0.2, 0.25) is 5.91 Å². The Labute approximate surface area is 233 Å². The Balaban J connectivity index is 1.46. The summed E-state index contributed by atoms with van der Waals surface area (Å²) >= 11 is 1.04. The zero-order valence-electron chi connectivity index (χ0n) is 22.3. The highest BCUT2D eigenvalue weighted by Gasteiger charge is 2.34. The number of carbonyl (C=O) groups excluding carboxylic acids is 1. The van der Waals surface area contributed by atoms with E-state index in [1.54, 1.807) is 18.2 Å². The molecule has 40 heavy (non-hydrogen) atoms. The van der Waals surface area contributed by atoms with Gasteiger partial charge < -0.3 is 19.7 Å². The molecule has 3 heterocycles. The number of rotatable bonds is 9. The highest BCUT2D eigenvalue weighted by atomic mass is 32.1. The molecule has 4 aromatic rings. The Hall–Kier alpha value is -4.06. The van der Waals surface area contributed by atoms with E-state index in [9.17, 15) is 18.4 Å². The van der Waals surface area contributed by atoms with Crippen molar-refractivity contribution in [1.82, 2.24) is 19.9 Å². The first-order chi connectivity index (χ1) is 19.3. The lowest BCUT2D eigenvalue weighted by Crippen LogP contribution is -2.44. The lowest BCUT2D eigenvalue weighted by molar-refractivity contribution is -0.122. The van der Waals surface area contributed by atoms with Gasteiger partial charge in [-0.3, -0.25) is 14.2 Å². The fraction of sp³-hybridized carbons (Fsp3) is 0.357. The number of nitrogens with zero attached hydrogens (tertiary/aromatic N) is 4. The number of halogens is 2. The van der Waals surface area contributed by atoms with Crippen LogP contribution in [0.3, 0.4) is 0 Å². The summed E-state index contributed by atoms with van der Waals surface area (Å²) in [6, 6.07) is 13.9. The van der Waals surface area contributed by atoms with E-state index >= 15 is 0 Å². The monoisotopic (exact) mass is 569 g/mol. The zero-order valence-corrected chi connectivity index (χ0v) is 23.1. The Morgan fingerprint density at radius 3 is 2.62 bits per heavy atom. The second-order valence-electron chi connectivity index (χ2n) is 9.48. The van der Waals surface area contributed by atoms with Crippen LogP contribution < -0.4 is 25.2 Å². The topological polar surface area (TPSA) is 98.6 Å². The molecule has 0 spiro atoms. The molecule has 2 aromatic heterocycles. The molecular formula is C28H29F2N5O4S. The molecule has 0 bridgehead atoms. The average molecular weight is 570 g/mol. The fourth-order valence-corrected chi connectivity index (χ4v) is 5.92. The van der Waals surface area contributed by atoms with Crippen LogP contribution in [0.1, 0.15) is 49.2 Å². The molecule has 1 aliphatic heterocycles. The Morgan fingerprint density at radius 1 is 1.15 bits per heavy atom. The lowest BCUT2D eigenvalue weighted by Gasteiger charge is -2.25. The second kappa shape index (κ2) is 11.6. The number of amides is 1. The van der Waals surface area contributed by atoms with Crippen LogP contribution in [-0.4, -0.2) is 47.2 Å². The minimum absolute atomic E-state index is 0.0133. The summed E-state index contributed by atoms with van der Waals surface area (Å²) in [5, 5.41) is 3.46. The third-order valence-electron chi connectivity index (χ3n) is 7.02. The standard InChI is InChI=1S/C28H29F2N5O4S/c1-16(17-8-5-4-6-9-17)31-25(36)20-10-7-13-34(20)28-32-22-26(40-28)33-24(23(29)30)35(27(22)37)15-18-11-12-19(38-2)14-21(18)39-3/h4-6,8-9,11-12,14,16,20,23H,7,10,13,15H2,1-3H3,(H,31,36)/t16-,20?/m1/s1. The molecular weight excluding hydrogens is 540 g/mol. The highest BCUT2D eigenvalue weighted by Crippen LogP contribution is 2.33. The number of thiazole rings is 1. The van der Waals surface area contributed by atoms with Crippen LogP contribution in [0.25, 0.3) is 10.3 Å². The Morgan fingerprint density at radius 2 is 1.93 bits per heavy atom. The molecule has 1 fully saturated rings. The third-order valence-corrected chi connectivity index (χ3v) is 8.00. The summed E-state index contributed by atoms with van der Waals surface area (Å²) in [4.78, 5) is 37.3. The van der Waals surface area contributed by atoms with Crippen LogP contribution in [0, 0.1) is 0 Å². The van der Waals surface area contributed by atoms with Crippen LogP contribution in [-0.2, 0) is 11.3 Å². The predicted octanol–water partition coefficient (Wildman–Crippen LogP) is 4.70. The fourth-order valence-electron chi connectivity index (χ4n) is 4.91. The number of hydrogen-bond acceptors (Lipinski definition) is 8. The van der Waals surface area contributed by atoms with E-state index in [2.05, 4.69) is 15.3 Å². The molecule has 2 aromatic carbocycles. The molecule has 210 valence electrons. The lowest BCUT2D eigenvalue weighted by atomic mass is 10.1. The first-order valence-corrected chi connectivity index (χ1v) is 13.6. The number of benzene rings is 2. The van der Waals surface area contributed by atoms with Crippen molar-refractivity contribution in [2.75, 3.05) is 25.7 Å². The predicted molar refractivity (Wildman–Crippen MR) is 149 cm³/mol. The van der Waals surface area contributed by atoms with Crippen LogP contribution >= 0.6 is 11.3 Å². The number of fused-ring (bicyclic) bond motifs is 1. The van der Waals surface area contributed by atoms with Crippen molar-refractivity contribution in [3.05, 3.63) is 75.8 Å². The van der Waals surface area contributed by atoms with Gasteiger partial charge in [-0.05, 0) is 37.5 Å². The summed E-state index contributed by atoms with van der Waals surface area (Å²) in [5.41, 5.74) is 0.796. The summed E-state index contributed by atoms with van der Waals surface area (Å²) in [7, 11) is 2.95. The van der Waals surface area contributed by atoms with E-state index in [1.807, 2.05) is 42.2 Å². The van der Waals surface area contributed by atoms with Crippen molar-refractivity contribution in [3.63, 3.8) is 0 Å². The largest absolute Gasteiger partial charge is 0.497 e. The zero-order chi connectivity index (χ0) is 28.4. The molecule has 2 atom stereocenters. The molecule has 0 aliphatic carbocycles. The van der Waals surface area contributed by atoms with Crippen LogP contribution in [0.5, 0.6) is 11.5 Å². The van der Waals surface area contributed by atoms with Gasteiger partial charge in [0.25, 0.3) is 12.0 Å². The number of alkyl halides is 2. The highest BCUT2D eigenvalue weighted by molar-refractivity contribution is 7.21. The van der Waals surface area contributed by atoms with Gasteiger partial charge in [0.05, 0.1) is 26.8 Å². The average Bonchev–Trinajstić information content (AvgIpc) is 3.62. The van der Waals surface area contributed by atoms with E-state index < -0.39 is 23.9 Å². The summed E-state index contributed by atoms with van der Waals surface area (Å²) in [6.45, 7) is 2.28. The second-order valence-corrected chi connectivity index (χ2v) is 10.4. The maximum atomic E-state index is 14.1. The van der Waals surface area contributed by atoms with Crippen molar-refractivity contribution in [2.24, 2.45) is 0 Å². The van der Waals surface area contributed by atoms with Crippen molar-refractivity contribution in [3.8, 4) is 11.5 Å². The van der Waals surface area contributed by atoms with Gasteiger partial charge >= 0.3 is 0 Å². The molecule has 1 unspecified atom stereocenters. The molecule has 1 N–H and O–H groups in total. The molecule has 0 saturated carbocycles. The number of nitrogens with one attached hydrogen (secondary N) is 1. The molecule has 12 heteroatoms. The summed E-state index contributed by atoms with van der Waals surface area (Å²) in [6.07, 6.45) is -1.62. The van der Waals surface area contributed by atoms with E-state index in [1.165, 1.54) is 14.2 Å². The Bertz CT molecular complexity index is 1580. The first-order valence-electron chi connectivity index (χ1n) is 12.8. The van der Waals surface area contributed by atoms with Gasteiger partial charge in [-0.15, -0.1) is 0 Å². The van der Waals surface area contributed by atoms with E-state index in [0.717, 1.165) is 27.9 Å². The van der Waals surface area contributed by atoms with Gasteiger partial charge in [-0.25, -0.2) is 18.7 Å². The maximum absolute atomic E-state index is 14.1. The normalized spacial score (nSPS) is 15.9. The number of anilines is 1. The van der Waals surface area contributed by atoms with Crippen molar-refractivity contribution in [1.29, 1.82) is 0 Å². The summed E-state index contributed by atoms with van der Waals surface area (Å²) < 4.78 is 39.8. The van der Waals surface area contributed by atoms with Crippen LogP contribution in [0.15, 0.2) is 53.3 Å². The minimum Gasteiger partial charge on any atom is -0.497 e. The van der Waals surface area contributed by atoms with Crippen molar-refractivity contribution in [2.45, 2.75) is 44.8 Å². The van der Waals surface area contributed by atoms with E-state index in [-0.39, 0.29) is 28.8 Å². The van der Waals surface area contributed by atoms with E-state index in [4.69, 9.17) is 9.47 Å². The number of ether oxygens (including phenoxy) is 2. The van der Waals surface area contributed by atoms with Crippen molar-refractivity contribution < 1.29 is 23.0 Å². The smallest absolute Gasteiger partial charge is 0.295 e. The number of aromatic nitrogens is 3. The quantitative estimate of drug-likeness (QED) is 0.312. The van der Waals surface area contributed by atoms with Crippen LogP contribution in [0.4, 0.5) is 13.9 Å². The number of hydrogen-bond donors (Lipinski definition) is 1. The maximum Gasteiger partial charge on any atom is 0.295 e. The molecule has 9 nitrogen and oxygen atoms in total. The molecule has 1 amide bonds. The minimum atomic E-state index is -2.99. The van der Waals surface area contributed by atoms with Crippen molar-refractivity contribution >= 4 is 32.7 Å².